The number of carbonyl (C=O) groups excluding carboxylic acids is 1. The normalized spacial score (nSPS) is 26.8. The van der Waals surface area contributed by atoms with Gasteiger partial charge in [0.25, 0.3) is 5.91 Å². The van der Waals surface area contributed by atoms with Crippen LogP contribution in [0.5, 0.6) is 0 Å². The van der Waals surface area contributed by atoms with Crippen molar-refractivity contribution in [2.75, 3.05) is 33.7 Å². The average molecular weight is 359 g/mol. The first kappa shape index (κ1) is 17.0. The van der Waals surface area contributed by atoms with Gasteiger partial charge in [0.05, 0.1) is 23.1 Å². The maximum Gasteiger partial charge on any atom is 0.264 e. The van der Waals surface area contributed by atoms with Crippen LogP contribution in [0, 0.1) is 0 Å². The summed E-state index contributed by atoms with van der Waals surface area (Å²) >= 11 is 1.60. The van der Waals surface area contributed by atoms with E-state index in [1.807, 2.05) is 23.1 Å². The zero-order valence-electron chi connectivity index (χ0n) is 15.0. The minimum Gasteiger partial charge on any atom is -0.369 e. The van der Waals surface area contributed by atoms with Gasteiger partial charge in [-0.15, -0.1) is 11.3 Å². The Labute approximate surface area is 153 Å². The van der Waals surface area contributed by atoms with Crippen molar-refractivity contribution < 1.29 is 9.53 Å². The smallest absolute Gasteiger partial charge is 0.264 e. The maximum atomic E-state index is 13.0. The number of ether oxygens (including phenoxy) is 1. The molecule has 2 atom stereocenters. The van der Waals surface area contributed by atoms with Crippen LogP contribution in [-0.2, 0) is 4.74 Å². The maximum absolute atomic E-state index is 13.0. The van der Waals surface area contributed by atoms with Crippen molar-refractivity contribution in [2.24, 2.45) is 0 Å². The molecule has 0 aliphatic carbocycles. The average Bonchev–Trinajstić information content (AvgIpc) is 3.18. The molecule has 2 aliphatic rings. The number of nitrogens with zero attached hydrogens (tertiary/aromatic N) is 2. The van der Waals surface area contributed by atoms with Crippen LogP contribution in [0.25, 0.3) is 10.1 Å². The summed E-state index contributed by atoms with van der Waals surface area (Å²) in [7, 11) is 4.19. The number of hydrogen-bond donors (Lipinski definition) is 0. The summed E-state index contributed by atoms with van der Waals surface area (Å²) in [4.78, 5) is 18.0. The summed E-state index contributed by atoms with van der Waals surface area (Å²) in [5, 5.41) is 1.16. The van der Waals surface area contributed by atoms with E-state index >= 15 is 0 Å². The summed E-state index contributed by atoms with van der Waals surface area (Å²) in [6, 6.07) is 10.2. The molecule has 0 N–H and O–H groups in total. The van der Waals surface area contributed by atoms with E-state index in [2.05, 4.69) is 31.1 Å². The molecular weight excluding hydrogens is 332 g/mol. The second-order valence-corrected chi connectivity index (χ2v) is 8.79. The van der Waals surface area contributed by atoms with E-state index in [1.54, 1.807) is 11.3 Å². The van der Waals surface area contributed by atoms with E-state index < -0.39 is 0 Å². The predicted molar refractivity (Wildman–Crippen MR) is 102 cm³/mol. The van der Waals surface area contributed by atoms with Crippen LogP contribution in [0.2, 0.25) is 0 Å². The highest BCUT2D eigenvalue weighted by Gasteiger charge is 2.44. The zero-order chi connectivity index (χ0) is 17.4. The Bertz CT molecular complexity index is 739. The molecule has 1 aromatic carbocycles. The highest BCUT2D eigenvalue weighted by Crippen LogP contribution is 2.38. The van der Waals surface area contributed by atoms with Gasteiger partial charge in [0.2, 0.25) is 0 Å². The number of fused-ring (bicyclic) bond motifs is 1. The number of benzene rings is 1. The third-order valence-electron chi connectivity index (χ3n) is 5.38. The molecule has 2 aliphatic heterocycles. The minimum atomic E-state index is -0.120. The summed E-state index contributed by atoms with van der Waals surface area (Å²) in [6.07, 6.45) is 4.66. The first-order valence-electron chi connectivity index (χ1n) is 9.15. The lowest BCUT2D eigenvalue weighted by Gasteiger charge is -2.39. The Kier molecular flexibility index (Phi) is 4.56. The van der Waals surface area contributed by atoms with Gasteiger partial charge in [0.1, 0.15) is 0 Å². The highest BCUT2D eigenvalue weighted by atomic mass is 32.1. The molecule has 0 saturated carbocycles. The molecule has 4 nitrogen and oxygen atoms in total. The molecule has 0 unspecified atom stereocenters. The summed E-state index contributed by atoms with van der Waals surface area (Å²) in [6.45, 7) is 2.51. The molecule has 0 radical (unpaired) electrons. The molecule has 25 heavy (non-hydrogen) atoms. The van der Waals surface area contributed by atoms with E-state index in [9.17, 15) is 4.79 Å². The van der Waals surface area contributed by atoms with E-state index in [1.165, 1.54) is 11.1 Å². The number of rotatable bonds is 3. The predicted octanol–water partition coefficient (Wildman–Crippen LogP) is 3.62. The molecule has 2 aromatic rings. The van der Waals surface area contributed by atoms with Gasteiger partial charge in [-0.3, -0.25) is 4.79 Å². The van der Waals surface area contributed by atoms with Crippen molar-refractivity contribution >= 4 is 27.3 Å². The van der Waals surface area contributed by atoms with E-state index in [4.69, 9.17) is 4.74 Å². The first-order chi connectivity index (χ1) is 12.0. The number of likely N-dealkylation sites (N-methyl/N-ethyl adjacent to an activating group) is 1. The minimum absolute atomic E-state index is 0.120. The first-order valence-corrected chi connectivity index (χ1v) is 9.97. The third kappa shape index (κ3) is 3.46. The Hall–Kier alpha value is -1.43. The number of thiophene rings is 1. The van der Waals surface area contributed by atoms with Crippen LogP contribution in [-0.4, -0.2) is 61.1 Å². The molecule has 0 bridgehead atoms. The van der Waals surface area contributed by atoms with Crippen molar-refractivity contribution in [3.05, 3.63) is 35.2 Å². The van der Waals surface area contributed by atoms with Gasteiger partial charge in [-0.2, -0.15) is 0 Å². The SMILES string of the molecule is CN(C)C[C@@H]1CCC[C@]2(CCN(C(=O)c3cc4ccccc4s3)C2)O1. The zero-order valence-corrected chi connectivity index (χ0v) is 15.8. The highest BCUT2D eigenvalue weighted by molar-refractivity contribution is 7.20. The molecule has 2 fully saturated rings. The summed E-state index contributed by atoms with van der Waals surface area (Å²) in [5.74, 6) is 0.163. The van der Waals surface area contributed by atoms with Crippen molar-refractivity contribution in [3.8, 4) is 0 Å². The number of carbonyl (C=O) groups is 1. The van der Waals surface area contributed by atoms with Crippen LogP contribution >= 0.6 is 11.3 Å². The molecule has 3 heterocycles. The fourth-order valence-corrected chi connectivity index (χ4v) is 5.25. The summed E-state index contributed by atoms with van der Waals surface area (Å²) < 4.78 is 7.67. The Morgan fingerprint density at radius 2 is 2.20 bits per heavy atom. The molecule has 134 valence electrons. The monoisotopic (exact) mass is 358 g/mol. The molecule has 5 heteroatoms. The molecule has 1 spiro atoms. The lowest BCUT2D eigenvalue weighted by atomic mass is 9.90. The summed E-state index contributed by atoms with van der Waals surface area (Å²) in [5.41, 5.74) is -0.120. The fraction of sp³-hybridized carbons (Fsp3) is 0.550. The largest absolute Gasteiger partial charge is 0.369 e. The van der Waals surface area contributed by atoms with Crippen LogP contribution < -0.4 is 0 Å². The molecule has 4 rings (SSSR count). The third-order valence-corrected chi connectivity index (χ3v) is 6.49. The Morgan fingerprint density at radius 3 is 3.00 bits per heavy atom. The van der Waals surface area contributed by atoms with Crippen molar-refractivity contribution in [2.45, 2.75) is 37.4 Å². The van der Waals surface area contributed by atoms with Crippen molar-refractivity contribution in [3.63, 3.8) is 0 Å². The quantitative estimate of drug-likeness (QED) is 0.840. The lowest BCUT2D eigenvalue weighted by Crippen LogP contribution is -2.46. The molecule has 1 aromatic heterocycles. The van der Waals surface area contributed by atoms with E-state index in [0.717, 1.165) is 49.2 Å². The van der Waals surface area contributed by atoms with Gasteiger partial charge in [-0.1, -0.05) is 18.2 Å². The van der Waals surface area contributed by atoms with Crippen molar-refractivity contribution in [1.82, 2.24) is 9.80 Å². The van der Waals surface area contributed by atoms with Gasteiger partial charge in [-0.05, 0) is 57.3 Å². The van der Waals surface area contributed by atoms with Crippen LogP contribution in [0.15, 0.2) is 30.3 Å². The van der Waals surface area contributed by atoms with Crippen LogP contribution in [0.1, 0.15) is 35.4 Å². The van der Waals surface area contributed by atoms with Gasteiger partial charge < -0.3 is 14.5 Å². The Morgan fingerprint density at radius 1 is 1.36 bits per heavy atom. The molecular formula is C20H26N2O2S. The Balaban J connectivity index is 1.47. The second-order valence-electron chi connectivity index (χ2n) is 7.70. The molecule has 2 saturated heterocycles. The van der Waals surface area contributed by atoms with Crippen LogP contribution in [0.4, 0.5) is 0 Å². The molecule has 1 amide bonds. The van der Waals surface area contributed by atoms with Gasteiger partial charge >= 0.3 is 0 Å². The number of amides is 1. The van der Waals surface area contributed by atoms with Gasteiger partial charge in [0.15, 0.2) is 0 Å². The van der Waals surface area contributed by atoms with E-state index in [-0.39, 0.29) is 11.5 Å². The number of likely N-dealkylation sites (tertiary alicyclic amines) is 1. The van der Waals surface area contributed by atoms with E-state index in [0.29, 0.717) is 6.10 Å². The van der Waals surface area contributed by atoms with Gasteiger partial charge in [-0.25, -0.2) is 0 Å². The van der Waals surface area contributed by atoms with Gasteiger partial charge in [0, 0.05) is 17.8 Å². The number of hydrogen-bond acceptors (Lipinski definition) is 4. The second kappa shape index (κ2) is 6.71. The van der Waals surface area contributed by atoms with Crippen LogP contribution in [0.3, 0.4) is 0 Å². The van der Waals surface area contributed by atoms with Crippen molar-refractivity contribution in [1.29, 1.82) is 0 Å². The standard InChI is InChI=1S/C20H26N2O2S/c1-21(2)13-16-7-5-9-20(24-16)10-11-22(14-20)19(23)18-12-15-6-3-4-8-17(15)25-18/h3-4,6,8,12,16H,5,7,9-11,13-14H2,1-2H3/t16-,20+/m0/s1. The topological polar surface area (TPSA) is 32.8 Å². The fourth-order valence-electron chi connectivity index (χ4n) is 4.22. The lowest BCUT2D eigenvalue weighted by molar-refractivity contribution is -0.124.